The second kappa shape index (κ2) is 5.14. The zero-order valence-corrected chi connectivity index (χ0v) is 11.2. The molecule has 5 heteroatoms. The lowest BCUT2D eigenvalue weighted by Gasteiger charge is -2.11. The van der Waals surface area contributed by atoms with Gasteiger partial charge < -0.3 is 9.84 Å². The maximum absolute atomic E-state index is 10.8. The molecule has 0 fully saturated rings. The van der Waals surface area contributed by atoms with E-state index in [0.717, 1.165) is 22.4 Å². The molecule has 0 saturated heterocycles. The topological polar surface area (TPSA) is 75.2 Å². The van der Waals surface area contributed by atoms with Crippen LogP contribution in [0.5, 0.6) is 5.75 Å². The van der Waals surface area contributed by atoms with Gasteiger partial charge in [-0.1, -0.05) is 0 Å². The lowest BCUT2D eigenvalue weighted by Crippen LogP contribution is -1.96. The Kier molecular flexibility index (Phi) is 3.55. The highest BCUT2D eigenvalue weighted by molar-refractivity contribution is 5.87. The molecule has 19 heavy (non-hydrogen) atoms. The summed E-state index contributed by atoms with van der Waals surface area (Å²) in [6, 6.07) is 5.44. The molecule has 0 unspecified atom stereocenters. The minimum absolute atomic E-state index is 0.0842. The van der Waals surface area contributed by atoms with Gasteiger partial charge in [0.15, 0.2) is 0 Å². The van der Waals surface area contributed by atoms with Gasteiger partial charge in [0.05, 0.1) is 12.3 Å². The van der Waals surface area contributed by atoms with Gasteiger partial charge in [0, 0.05) is 5.56 Å². The Morgan fingerprint density at radius 3 is 2.63 bits per heavy atom. The lowest BCUT2D eigenvalue weighted by molar-refractivity contribution is 0.0690. The number of benzene rings is 1. The van der Waals surface area contributed by atoms with Crippen LogP contribution in [0.15, 0.2) is 18.2 Å². The highest BCUT2D eigenvalue weighted by Crippen LogP contribution is 2.29. The van der Waals surface area contributed by atoms with Crippen LogP contribution in [0, 0.1) is 13.8 Å². The summed E-state index contributed by atoms with van der Waals surface area (Å²) in [5.74, 6) is -0.170. The summed E-state index contributed by atoms with van der Waals surface area (Å²) < 4.78 is 5.53. The Labute approximate surface area is 111 Å². The quantitative estimate of drug-likeness (QED) is 0.886. The number of nitrogens with zero attached hydrogens (tertiary/aromatic N) is 1. The van der Waals surface area contributed by atoms with E-state index in [9.17, 15) is 4.79 Å². The van der Waals surface area contributed by atoms with Crippen molar-refractivity contribution in [2.24, 2.45) is 0 Å². The van der Waals surface area contributed by atoms with Gasteiger partial charge in [-0.05, 0) is 50.1 Å². The van der Waals surface area contributed by atoms with Crippen LogP contribution < -0.4 is 4.74 Å². The Morgan fingerprint density at radius 2 is 2.05 bits per heavy atom. The number of aromatic carboxylic acids is 1. The van der Waals surface area contributed by atoms with E-state index in [1.807, 2.05) is 32.9 Å². The van der Waals surface area contributed by atoms with E-state index in [1.54, 1.807) is 0 Å². The molecule has 1 aromatic carbocycles. The van der Waals surface area contributed by atoms with Gasteiger partial charge in [0.1, 0.15) is 11.4 Å². The van der Waals surface area contributed by atoms with Crippen molar-refractivity contribution >= 4 is 5.97 Å². The summed E-state index contributed by atoms with van der Waals surface area (Å²) in [6.45, 7) is 6.46. The fourth-order valence-electron chi connectivity index (χ4n) is 1.95. The zero-order chi connectivity index (χ0) is 14.0. The van der Waals surface area contributed by atoms with Gasteiger partial charge in [-0.2, -0.15) is 5.10 Å². The van der Waals surface area contributed by atoms with Crippen molar-refractivity contribution < 1.29 is 14.6 Å². The molecule has 0 aliphatic heterocycles. The van der Waals surface area contributed by atoms with E-state index in [-0.39, 0.29) is 5.69 Å². The van der Waals surface area contributed by atoms with Crippen LogP contribution in [0.25, 0.3) is 11.3 Å². The van der Waals surface area contributed by atoms with Crippen LogP contribution in [0.4, 0.5) is 0 Å². The third-order valence-corrected chi connectivity index (χ3v) is 2.91. The first kappa shape index (κ1) is 13.1. The minimum Gasteiger partial charge on any atom is -0.494 e. The summed E-state index contributed by atoms with van der Waals surface area (Å²) >= 11 is 0. The molecule has 0 amide bonds. The van der Waals surface area contributed by atoms with Crippen molar-refractivity contribution in [3.05, 3.63) is 35.0 Å². The highest BCUT2D eigenvalue weighted by Gasteiger charge is 2.13. The second-order valence-electron chi connectivity index (χ2n) is 4.34. The van der Waals surface area contributed by atoms with Crippen molar-refractivity contribution in [2.75, 3.05) is 6.61 Å². The molecule has 1 aromatic heterocycles. The molecule has 0 aliphatic carbocycles. The number of hydrogen-bond acceptors (Lipinski definition) is 3. The van der Waals surface area contributed by atoms with Gasteiger partial charge in [-0.3, -0.25) is 5.10 Å². The number of carboxylic acids is 1. The molecule has 2 rings (SSSR count). The molecule has 0 bridgehead atoms. The SMILES string of the molecule is CCOc1cc(C)c(-c2cc(C(=O)O)[nH]n2)cc1C. The Balaban J connectivity index is 2.44. The average Bonchev–Trinajstić information content (AvgIpc) is 2.83. The highest BCUT2D eigenvalue weighted by atomic mass is 16.5. The number of carboxylic acid groups (broad SMARTS) is 1. The van der Waals surface area contributed by atoms with Crippen LogP contribution in [-0.2, 0) is 0 Å². The summed E-state index contributed by atoms with van der Waals surface area (Å²) in [4.78, 5) is 10.8. The number of H-pyrrole nitrogens is 1. The summed E-state index contributed by atoms with van der Waals surface area (Å²) in [7, 11) is 0. The van der Waals surface area contributed by atoms with Crippen LogP contribution in [0.1, 0.15) is 28.5 Å². The van der Waals surface area contributed by atoms with Gasteiger partial charge in [-0.15, -0.1) is 0 Å². The van der Waals surface area contributed by atoms with Crippen molar-refractivity contribution in [3.8, 4) is 17.0 Å². The summed E-state index contributed by atoms with van der Waals surface area (Å²) in [6.07, 6.45) is 0. The van der Waals surface area contributed by atoms with Crippen molar-refractivity contribution in [3.63, 3.8) is 0 Å². The average molecular weight is 260 g/mol. The fraction of sp³-hybridized carbons (Fsp3) is 0.286. The molecule has 5 nitrogen and oxygen atoms in total. The summed E-state index contributed by atoms with van der Waals surface area (Å²) in [5, 5.41) is 15.4. The number of carbonyl (C=O) groups is 1. The fourth-order valence-corrected chi connectivity index (χ4v) is 1.95. The first-order valence-electron chi connectivity index (χ1n) is 6.06. The molecule has 0 radical (unpaired) electrons. The molecule has 2 aromatic rings. The van der Waals surface area contributed by atoms with Crippen LogP contribution in [-0.4, -0.2) is 27.9 Å². The molecule has 100 valence electrons. The monoisotopic (exact) mass is 260 g/mol. The molecule has 0 aliphatic rings. The molecular formula is C14H16N2O3. The third-order valence-electron chi connectivity index (χ3n) is 2.91. The van der Waals surface area contributed by atoms with E-state index in [4.69, 9.17) is 9.84 Å². The molecular weight excluding hydrogens is 244 g/mol. The van der Waals surface area contributed by atoms with E-state index in [0.29, 0.717) is 12.3 Å². The van der Waals surface area contributed by atoms with E-state index >= 15 is 0 Å². The Morgan fingerprint density at radius 1 is 1.32 bits per heavy atom. The molecule has 2 N–H and O–H groups in total. The maximum atomic E-state index is 10.8. The van der Waals surface area contributed by atoms with Crippen molar-refractivity contribution in [1.29, 1.82) is 0 Å². The van der Waals surface area contributed by atoms with Gasteiger partial charge in [0.25, 0.3) is 0 Å². The largest absolute Gasteiger partial charge is 0.494 e. The third kappa shape index (κ3) is 2.59. The predicted molar refractivity (Wildman–Crippen MR) is 71.6 cm³/mol. The number of aryl methyl sites for hydroxylation is 2. The standard InChI is InChI=1S/C14H16N2O3/c1-4-19-13-6-8(2)10(5-9(13)3)11-7-12(14(17)18)16-15-11/h5-7H,4H2,1-3H3,(H,15,16)(H,17,18). The number of ether oxygens (including phenoxy) is 1. The number of aromatic amines is 1. The summed E-state index contributed by atoms with van der Waals surface area (Å²) in [5.41, 5.74) is 3.62. The number of rotatable bonds is 4. The predicted octanol–water partition coefficient (Wildman–Crippen LogP) is 2.79. The van der Waals surface area contributed by atoms with Gasteiger partial charge in [-0.25, -0.2) is 4.79 Å². The molecule has 0 atom stereocenters. The van der Waals surface area contributed by atoms with E-state index < -0.39 is 5.97 Å². The first-order chi connectivity index (χ1) is 9.02. The van der Waals surface area contributed by atoms with Crippen molar-refractivity contribution in [1.82, 2.24) is 10.2 Å². The molecule has 0 saturated carbocycles. The number of aromatic nitrogens is 2. The first-order valence-corrected chi connectivity index (χ1v) is 6.06. The normalized spacial score (nSPS) is 10.5. The minimum atomic E-state index is -1.01. The molecule has 1 heterocycles. The number of hydrogen-bond donors (Lipinski definition) is 2. The Hall–Kier alpha value is -2.30. The van der Waals surface area contributed by atoms with Crippen LogP contribution >= 0.6 is 0 Å². The maximum Gasteiger partial charge on any atom is 0.353 e. The molecule has 0 spiro atoms. The smallest absolute Gasteiger partial charge is 0.353 e. The van der Waals surface area contributed by atoms with Gasteiger partial charge >= 0.3 is 5.97 Å². The van der Waals surface area contributed by atoms with Crippen molar-refractivity contribution in [2.45, 2.75) is 20.8 Å². The Bertz CT molecular complexity index is 617. The zero-order valence-electron chi connectivity index (χ0n) is 11.2. The van der Waals surface area contributed by atoms with E-state index in [2.05, 4.69) is 10.2 Å². The van der Waals surface area contributed by atoms with Crippen LogP contribution in [0.2, 0.25) is 0 Å². The second-order valence-corrected chi connectivity index (χ2v) is 4.34. The van der Waals surface area contributed by atoms with Gasteiger partial charge in [0.2, 0.25) is 0 Å². The number of nitrogens with one attached hydrogen (secondary N) is 1. The van der Waals surface area contributed by atoms with E-state index in [1.165, 1.54) is 6.07 Å². The lowest BCUT2D eigenvalue weighted by atomic mass is 10.0. The van der Waals surface area contributed by atoms with Crippen LogP contribution in [0.3, 0.4) is 0 Å².